The Labute approximate surface area is 165 Å². The van der Waals surface area contributed by atoms with Gasteiger partial charge in [0.25, 0.3) is 0 Å². The van der Waals surface area contributed by atoms with Crippen molar-refractivity contribution in [3.05, 3.63) is 0 Å². The second kappa shape index (κ2) is 14.0. The maximum Gasteiger partial charge on any atom is 0.0518 e. The summed E-state index contributed by atoms with van der Waals surface area (Å²) in [6, 6.07) is 0. The Balaban J connectivity index is 4.35. The van der Waals surface area contributed by atoms with Crippen LogP contribution in [0.1, 0.15) is 82.1 Å². The van der Waals surface area contributed by atoms with Crippen molar-refractivity contribution in [1.29, 1.82) is 0 Å². The van der Waals surface area contributed by atoms with Gasteiger partial charge in [-0.1, -0.05) is 69.2 Å². The molecule has 0 aromatic rings. The Morgan fingerprint density at radius 2 is 0.692 bits per heavy atom. The van der Waals surface area contributed by atoms with Gasteiger partial charge in [-0.3, -0.25) is 0 Å². The molecule has 0 saturated carbocycles. The molecule has 0 aromatic heterocycles. The smallest absolute Gasteiger partial charge is 0.0518 e. The first-order chi connectivity index (χ1) is 12.0. The summed E-state index contributed by atoms with van der Waals surface area (Å²) in [5.41, 5.74) is 0. The third-order valence-electron chi connectivity index (χ3n) is 5.70. The highest BCUT2D eigenvalue weighted by molar-refractivity contribution is 4.68. The summed E-state index contributed by atoms with van der Waals surface area (Å²) in [6.07, 6.45) is 2.51. The predicted octanol–water partition coefficient (Wildman–Crippen LogP) is 6.93. The lowest BCUT2D eigenvalue weighted by Gasteiger charge is -2.27. The molecule has 0 aliphatic carbocycles. The molecule has 0 N–H and O–H groups in total. The molecule has 0 aromatic carbocycles. The first-order valence-corrected chi connectivity index (χ1v) is 11.2. The van der Waals surface area contributed by atoms with Gasteiger partial charge in [-0.15, -0.1) is 0 Å². The van der Waals surface area contributed by atoms with E-state index in [9.17, 15) is 0 Å². The predicted molar refractivity (Wildman–Crippen MR) is 116 cm³/mol. The summed E-state index contributed by atoms with van der Waals surface area (Å²) in [4.78, 5) is 0. The first kappa shape index (κ1) is 25.9. The normalized spacial score (nSPS) is 16.3. The highest BCUT2D eigenvalue weighted by atomic mass is 16.5. The van der Waals surface area contributed by atoms with E-state index in [1.54, 1.807) is 0 Å². The molecule has 26 heavy (non-hydrogen) atoms. The lowest BCUT2D eigenvalue weighted by Crippen LogP contribution is -2.27. The molecule has 0 spiro atoms. The number of hydrogen-bond acceptors (Lipinski definition) is 2. The second-order valence-electron chi connectivity index (χ2n) is 10.3. The molecule has 158 valence electrons. The van der Waals surface area contributed by atoms with Crippen LogP contribution in [-0.4, -0.2) is 26.4 Å². The Bertz CT molecular complexity index is 292. The highest BCUT2D eigenvalue weighted by Crippen LogP contribution is 2.23. The van der Waals surface area contributed by atoms with Crippen LogP contribution in [0.15, 0.2) is 0 Å². The van der Waals surface area contributed by atoms with Crippen molar-refractivity contribution in [2.24, 2.45) is 47.3 Å². The van der Waals surface area contributed by atoms with Crippen LogP contribution in [0.3, 0.4) is 0 Å². The third-order valence-corrected chi connectivity index (χ3v) is 5.70. The van der Waals surface area contributed by atoms with E-state index in [-0.39, 0.29) is 0 Å². The van der Waals surface area contributed by atoms with Crippen LogP contribution in [-0.2, 0) is 9.47 Å². The van der Waals surface area contributed by atoms with Crippen LogP contribution in [0.5, 0.6) is 0 Å². The van der Waals surface area contributed by atoms with E-state index in [2.05, 4.69) is 69.2 Å². The zero-order chi connectivity index (χ0) is 20.3. The molecule has 0 amide bonds. The van der Waals surface area contributed by atoms with Crippen LogP contribution in [0, 0.1) is 47.3 Å². The van der Waals surface area contributed by atoms with Crippen molar-refractivity contribution in [3.63, 3.8) is 0 Å². The van der Waals surface area contributed by atoms with Crippen molar-refractivity contribution in [2.45, 2.75) is 82.1 Å². The molecule has 0 bridgehead atoms. The molecule has 0 radical (unpaired) electrons. The maximum absolute atomic E-state index is 6.17. The zero-order valence-corrected chi connectivity index (χ0v) is 19.7. The lowest BCUT2D eigenvalue weighted by atomic mass is 9.88. The number of ether oxygens (including phenoxy) is 2. The molecular weight excluding hydrogens is 320 g/mol. The van der Waals surface area contributed by atoms with Gasteiger partial charge >= 0.3 is 0 Å². The number of rotatable bonds is 15. The Hall–Kier alpha value is -0.0800. The molecule has 0 fully saturated rings. The Kier molecular flexibility index (Phi) is 14.0. The summed E-state index contributed by atoms with van der Waals surface area (Å²) in [6.45, 7) is 26.5. The van der Waals surface area contributed by atoms with Gasteiger partial charge in [0.05, 0.1) is 13.2 Å². The van der Waals surface area contributed by atoms with Crippen molar-refractivity contribution in [2.75, 3.05) is 26.4 Å². The summed E-state index contributed by atoms with van der Waals surface area (Å²) in [5, 5.41) is 0. The van der Waals surface area contributed by atoms with Gasteiger partial charge in [0.1, 0.15) is 0 Å². The van der Waals surface area contributed by atoms with Crippen LogP contribution < -0.4 is 0 Å². The van der Waals surface area contributed by atoms with Crippen LogP contribution in [0.4, 0.5) is 0 Å². The minimum absolute atomic E-state index is 0.494. The molecule has 2 nitrogen and oxygen atoms in total. The van der Waals surface area contributed by atoms with E-state index in [0.717, 1.165) is 38.3 Å². The summed E-state index contributed by atoms with van der Waals surface area (Å²) < 4.78 is 12.3. The molecule has 2 heteroatoms. The van der Waals surface area contributed by atoms with Crippen molar-refractivity contribution in [1.82, 2.24) is 0 Å². The van der Waals surface area contributed by atoms with E-state index < -0.39 is 0 Å². The van der Waals surface area contributed by atoms with Gasteiger partial charge in [-0.05, 0) is 54.3 Å². The van der Waals surface area contributed by atoms with Gasteiger partial charge < -0.3 is 9.47 Å². The fourth-order valence-corrected chi connectivity index (χ4v) is 3.45. The van der Waals surface area contributed by atoms with Crippen LogP contribution in [0.2, 0.25) is 0 Å². The molecular formula is C24H50O2. The van der Waals surface area contributed by atoms with Gasteiger partial charge in [0, 0.05) is 19.1 Å². The fourth-order valence-electron chi connectivity index (χ4n) is 3.45. The van der Waals surface area contributed by atoms with Gasteiger partial charge in [-0.25, -0.2) is 0 Å². The summed E-state index contributed by atoms with van der Waals surface area (Å²) in [7, 11) is 0. The van der Waals surface area contributed by atoms with Crippen molar-refractivity contribution < 1.29 is 9.47 Å². The Morgan fingerprint density at radius 1 is 0.423 bits per heavy atom. The zero-order valence-electron chi connectivity index (χ0n) is 19.7. The van der Waals surface area contributed by atoms with Crippen molar-refractivity contribution >= 4 is 0 Å². The first-order valence-electron chi connectivity index (χ1n) is 11.2. The minimum atomic E-state index is 0.494. The van der Waals surface area contributed by atoms with Gasteiger partial charge in [0.15, 0.2) is 0 Å². The van der Waals surface area contributed by atoms with Gasteiger partial charge in [0.2, 0.25) is 0 Å². The largest absolute Gasteiger partial charge is 0.381 e. The quantitative estimate of drug-likeness (QED) is 0.311. The minimum Gasteiger partial charge on any atom is -0.381 e. The second-order valence-corrected chi connectivity index (χ2v) is 10.3. The van der Waals surface area contributed by atoms with Gasteiger partial charge in [-0.2, -0.15) is 0 Å². The number of hydrogen-bond donors (Lipinski definition) is 0. The molecule has 0 rings (SSSR count). The topological polar surface area (TPSA) is 18.5 Å². The molecule has 2 atom stereocenters. The Morgan fingerprint density at radius 3 is 0.923 bits per heavy atom. The molecule has 0 heterocycles. The molecule has 0 aliphatic rings. The fraction of sp³-hybridized carbons (Fsp3) is 1.00. The van der Waals surface area contributed by atoms with E-state index in [1.165, 1.54) is 12.8 Å². The lowest BCUT2D eigenvalue weighted by molar-refractivity contribution is -0.0101. The van der Waals surface area contributed by atoms with E-state index >= 15 is 0 Å². The highest BCUT2D eigenvalue weighted by Gasteiger charge is 2.20. The molecule has 0 saturated heterocycles. The summed E-state index contributed by atoms with van der Waals surface area (Å²) >= 11 is 0. The standard InChI is InChI=1S/C24H50O2/c1-17(2)11-22(19(5)6)13-25-15-24(21(9)10)16-26-14-23(20(7)8)12-18(3)4/h17-24H,11-16H2,1-10H3. The monoisotopic (exact) mass is 370 g/mol. The van der Waals surface area contributed by atoms with E-state index in [0.29, 0.717) is 35.5 Å². The average molecular weight is 371 g/mol. The molecule has 0 aliphatic heterocycles. The maximum atomic E-state index is 6.17. The molecule has 2 unspecified atom stereocenters. The van der Waals surface area contributed by atoms with Crippen LogP contribution >= 0.6 is 0 Å². The SMILES string of the molecule is CC(C)CC(COCC(COCC(CC(C)C)C(C)C)C(C)C)C(C)C. The third kappa shape index (κ3) is 12.3. The van der Waals surface area contributed by atoms with E-state index in [4.69, 9.17) is 9.47 Å². The summed E-state index contributed by atoms with van der Waals surface area (Å²) in [5.74, 6) is 5.28. The van der Waals surface area contributed by atoms with Crippen LogP contribution in [0.25, 0.3) is 0 Å². The van der Waals surface area contributed by atoms with E-state index in [1.807, 2.05) is 0 Å². The van der Waals surface area contributed by atoms with Crippen molar-refractivity contribution in [3.8, 4) is 0 Å². The average Bonchev–Trinajstić information content (AvgIpc) is 2.49.